The van der Waals surface area contributed by atoms with Crippen LogP contribution in [0.3, 0.4) is 0 Å². The van der Waals surface area contributed by atoms with E-state index in [1.807, 2.05) is 12.2 Å². The molecule has 4 nitrogen and oxygen atoms in total. The molecule has 4 atom stereocenters. The van der Waals surface area contributed by atoms with Gasteiger partial charge in [-0.1, -0.05) is 56.4 Å². The molecule has 2 rings (SSSR count). The van der Waals surface area contributed by atoms with Gasteiger partial charge in [-0.2, -0.15) is 0 Å². The van der Waals surface area contributed by atoms with Gasteiger partial charge in [0.2, 0.25) is 0 Å². The number of aliphatic hydroxyl groups excluding tert-OH is 2. The van der Waals surface area contributed by atoms with Crippen molar-refractivity contribution in [3.63, 3.8) is 0 Å². The summed E-state index contributed by atoms with van der Waals surface area (Å²) in [5, 5.41) is 29.2. The van der Waals surface area contributed by atoms with E-state index in [4.69, 9.17) is 5.11 Å². The summed E-state index contributed by atoms with van der Waals surface area (Å²) in [4.78, 5) is 10.5. The van der Waals surface area contributed by atoms with E-state index in [0.29, 0.717) is 18.3 Å². The molecule has 2 fully saturated rings. The SMILES string of the molecule is O=C(O)CCC/C=C\C[C@H]1[C@@H](O)CC[C@@H]1/C=C/C(O)CC1CCCCC1. The smallest absolute Gasteiger partial charge is 0.303 e. The third kappa shape index (κ3) is 7.63. The molecule has 0 bridgehead atoms. The van der Waals surface area contributed by atoms with Crippen molar-refractivity contribution in [1.82, 2.24) is 0 Å². The van der Waals surface area contributed by atoms with E-state index < -0.39 is 5.97 Å². The second-order valence-electron chi connectivity index (χ2n) is 8.16. The number of rotatable bonds is 10. The highest BCUT2D eigenvalue weighted by atomic mass is 16.4. The highest BCUT2D eigenvalue weighted by Gasteiger charge is 2.32. The lowest BCUT2D eigenvalue weighted by molar-refractivity contribution is -0.137. The van der Waals surface area contributed by atoms with Crippen LogP contribution in [0.1, 0.15) is 77.0 Å². The Morgan fingerprint density at radius 1 is 1.08 bits per heavy atom. The van der Waals surface area contributed by atoms with Gasteiger partial charge in [-0.05, 0) is 56.3 Å². The molecule has 0 spiro atoms. The van der Waals surface area contributed by atoms with Crippen molar-refractivity contribution in [3.8, 4) is 0 Å². The Morgan fingerprint density at radius 3 is 2.58 bits per heavy atom. The number of aliphatic carboxylic acids is 1. The number of carbonyl (C=O) groups is 1. The highest BCUT2D eigenvalue weighted by molar-refractivity contribution is 5.66. The van der Waals surface area contributed by atoms with Gasteiger partial charge in [-0.25, -0.2) is 0 Å². The molecule has 26 heavy (non-hydrogen) atoms. The molecular weight excluding hydrogens is 328 g/mol. The first-order chi connectivity index (χ1) is 12.6. The van der Waals surface area contributed by atoms with Crippen LogP contribution in [0.5, 0.6) is 0 Å². The van der Waals surface area contributed by atoms with Gasteiger partial charge in [0, 0.05) is 6.42 Å². The summed E-state index contributed by atoms with van der Waals surface area (Å²) >= 11 is 0. The van der Waals surface area contributed by atoms with Gasteiger partial charge in [-0.15, -0.1) is 0 Å². The molecule has 0 amide bonds. The highest BCUT2D eigenvalue weighted by Crippen LogP contribution is 2.36. The minimum absolute atomic E-state index is 0.209. The molecule has 1 unspecified atom stereocenters. The monoisotopic (exact) mass is 364 g/mol. The van der Waals surface area contributed by atoms with Crippen LogP contribution >= 0.6 is 0 Å². The number of allylic oxidation sites excluding steroid dienone is 3. The summed E-state index contributed by atoms with van der Waals surface area (Å²) in [5.74, 6) is 0.460. The number of hydrogen-bond acceptors (Lipinski definition) is 3. The fraction of sp³-hybridized carbons (Fsp3) is 0.773. The summed E-state index contributed by atoms with van der Waals surface area (Å²) in [5.41, 5.74) is 0. The first-order valence-electron chi connectivity index (χ1n) is 10.5. The van der Waals surface area contributed by atoms with E-state index in [2.05, 4.69) is 12.2 Å². The predicted molar refractivity (Wildman–Crippen MR) is 104 cm³/mol. The van der Waals surface area contributed by atoms with Crippen molar-refractivity contribution in [1.29, 1.82) is 0 Å². The van der Waals surface area contributed by atoms with Crippen LogP contribution in [0.4, 0.5) is 0 Å². The molecule has 0 saturated heterocycles. The Labute approximate surface area is 158 Å². The van der Waals surface area contributed by atoms with Gasteiger partial charge >= 0.3 is 5.97 Å². The summed E-state index contributed by atoms with van der Waals surface area (Å²) in [6.07, 6.45) is 19.2. The van der Waals surface area contributed by atoms with Crippen LogP contribution in [0.15, 0.2) is 24.3 Å². The minimum atomic E-state index is -0.749. The third-order valence-electron chi connectivity index (χ3n) is 6.06. The topological polar surface area (TPSA) is 77.8 Å². The summed E-state index contributed by atoms with van der Waals surface area (Å²) in [7, 11) is 0. The minimum Gasteiger partial charge on any atom is -0.481 e. The zero-order valence-electron chi connectivity index (χ0n) is 15.9. The lowest BCUT2D eigenvalue weighted by atomic mass is 9.85. The lowest BCUT2D eigenvalue weighted by Crippen LogP contribution is -2.18. The van der Waals surface area contributed by atoms with Crippen molar-refractivity contribution in [2.75, 3.05) is 0 Å². The largest absolute Gasteiger partial charge is 0.481 e. The average Bonchev–Trinajstić information content (AvgIpc) is 2.97. The van der Waals surface area contributed by atoms with Crippen LogP contribution in [0.2, 0.25) is 0 Å². The predicted octanol–water partition coefficient (Wildman–Crippen LogP) is 4.46. The zero-order chi connectivity index (χ0) is 18.8. The van der Waals surface area contributed by atoms with E-state index in [9.17, 15) is 15.0 Å². The maximum absolute atomic E-state index is 10.5. The molecule has 0 aromatic heterocycles. The van der Waals surface area contributed by atoms with Crippen molar-refractivity contribution in [2.24, 2.45) is 17.8 Å². The summed E-state index contributed by atoms with van der Waals surface area (Å²) < 4.78 is 0. The molecule has 2 saturated carbocycles. The standard InChI is InChI=1S/C22H36O4/c23-19(16-17-8-4-3-5-9-17)14-12-18-13-15-21(24)20(18)10-6-1-2-7-11-22(25)26/h1,6,12,14,17-21,23-24H,2-5,7-11,13,15-16H2,(H,25,26)/b6-1-,14-12+/t18-,19?,20+,21-/m0/s1. The fourth-order valence-corrected chi connectivity index (χ4v) is 4.50. The Bertz CT molecular complexity index is 465. The zero-order valence-corrected chi connectivity index (χ0v) is 15.9. The van der Waals surface area contributed by atoms with Gasteiger partial charge in [0.15, 0.2) is 0 Å². The summed E-state index contributed by atoms with van der Waals surface area (Å²) in [6, 6.07) is 0. The van der Waals surface area contributed by atoms with Gasteiger partial charge < -0.3 is 15.3 Å². The Hall–Kier alpha value is -1.13. The third-order valence-corrected chi connectivity index (χ3v) is 6.06. The fourth-order valence-electron chi connectivity index (χ4n) is 4.50. The second kappa shape index (κ2) is 11.6. The lowest BCUT2D eigenvalue weighted by Gasteiger charge is -2.23. The molecule has 0 aliphatic heterocycles. The molecular formula is C22H36O4. The Kier molecular flexibility index (Phi) is 9.41. The van der Waals surface area contributed by atoms with Crippen molar-refractivity contribution in [2.45, 2.75) is 89.3 Å². The Morgan fingerprint density at radius 2 is 1.85 bits per heavy atom. The maximum atomic E-state index is 10.5. The number of aliphatic hydroxyl groups is 2. The van der Waals surface area contributed by atoms with Gasteiger partial charge in [0.05, 0.1) is 12.2 Å². The second-order valence-corrected chi connectivity index (χ2v) is 8.16. The van der Waals surface area contributed by atoms with Crippen molar-refractivity contribution < 1.29 is 20.1 Å². The number of unbranched alkanes of at least 4 members (excludes halogenated alkanes) is 1. The normalized spacial score (nSPS) is 28.9. The number of carboxylic acid groups (broad SMARTS) is 1. The molecule has 0 aromatic rings. The Balaban J connectivity index is 1.73. The molecule has 2 aliphatic carbocycles. The quantitative estimate of drug-likeness (QED) is 0.395. The summed E-state index contributed by atoms with van der Waals surface area (Å²) in [6.45, 7) is 0. The molecule has 0 heterocycles. The average molecular weight is 365 g/mol. The first-order valence-corrected chi connectivity index (χ1v) is 10.5. The van der Waals surface area contributed by atoms with Gasteiger partial charge in [0.25, 0.3) is 0 Å². The van der Waals surface area contributed by atoms with E-state index in [1.165, 1.54) is 32.1 Å². The molecule has 0 radical (unpaired) electrons. The van der Waals surface area contributed by atoms with Crippen LogP contribution in [-0.4, -0.2) is 33.5 Å². The van der Waals surface area contributed by atoms with Crippen LogP contribution in [0, 0.1) is 17.8 Å². The van der Waals surface area contributed by atoms with Gasteiger partial charge in [-0.3, -0.25) is 4.79 Å². The number of carboxylic acids is 1. The van der Waals surface area contributed by atoms with Crippen molar-refractivity contribution >= 4 is 5.97 Å². The van der Waals surface area contributed by atoms with Crippen molar-refractivity contribution in [3.05, 3.63) is 24.3 Å². The molecule has 4 heteroatoms. The maximum Gasteiger partial charge on any atom is 0.303 e. The van der Waals surface area contributed by atoms with E-state index in [0.717, 1.165) is 32.1 Å². The molecule has 148 valence electrons. The van der Waals surface area contributed by atoms with E-state index in [-0.39, 0.29) is 24.5 Å². The van der Waals surface area contributed by atoms with Crippen LogP contribution < -0.4 is 0 Å². The molecule has 0 aromatic carbocycles. The van der Waals surface area contributed by atoms with Crippen LogP contribution in [-0.2, 0) is 4.79 Å². The van der Waals surface area contributed by atoms with E-state index in [1.54, 1.807) is 0 Å². The number of hydrogen-bond donors (Lipinski definition) is 3. The first kappa shape index (κ1) is 21.2. The molecule has 3 N–H and O–H groups in total. The molecule has 2 aliphatic rings. The van der Waals surface area contributed by atoms with Gasteiger partial charge in [0.1, 0.15) is 0 Å². The van der Waals surface area contributed by atoms with Crippen LogP contribution in [0.25, 0.3) is 0 Å². The van der Waals surface area contributed by atoms with E-state index >= 15 is 0 Å².